The normalized spacial score (nSPS) is 13.4. The molecule has 0 heterocycles. The summed E-state index contributed by atoms with van der Waals surface area (Å²) in [4.78, 5) is 0. The van der Waals surface area contributed by atoms with E-state index in [1.165, 1.54) is 7.11 Å². The van der Waals surface area contributed by atoms with E-state index in [1.54, 1.807) is 39.2 Å². The van der Waals surface area contributed by atoms with Crippen molar-refractivity contribution in [2.24, 2.45) is 0 Å². The Morgan fingerprint density at radius 2 is 1.69 bits per heavy atom. The maximum Gasteiger partial charge on any atom is 0.161 e. The Morgan fingerprint density at radius 3 is 2.12 bits per heavy atom. The number of aliphatic hydroxyl groups is 2. The van der Waals surface area contributed by atoms with E-state index in [-0.39, 0.29) is 0 Å². The van der Waals surface area contributed by atoms with Crippen molar-refractivity contribution in [3.05, 3.63) is 23.8 Å². The highest BCUT2D eigenvalue weighted by Crippen LogP contribution is 2.33. The average Bonchev–Trinajstić information content (AvgIpc) is 2.25. The first-order chi connectivity index (χ1) is 7.40. The SMILES string of the molecule is COc1ccc(C(O)C(C)(C)O)cc1OC. The van der Waals surface area contributed by atoms with Crippen LogP contribution in [0.2, 0.25) is 0 Å². The Morgan fingerprint density at radius 1 is 1.12 bits per heavy atom. The Balaban J connectivity index is 3.08. The van der Waals surface area contributed by atoms with Gasteiger partial charge in [-0.15, -0.1) is 0 Å². The molecule has 0 bridgehead atoms. The summed E-state index contributed by atoms with van der Waals surface area (Å²) in [6.45, 7) is 3.10. The first-order valence-corrected chi connectivity index (χ1v) is 5.02. The number of hydrogen-bond acceptors (Lipinski definition) is 4. The van der Waals surface area contributed by atoms with Gasteiger partial charge < -0.3 is 19.7 Å². The van der Waals surface area contributed by atoms with Crippen molar-refractivity contribution in [2.45, 2.75) is 25.6 Å². The molecule has 1 aromatic rings. The maximum absolute atomic E-state index is 9.89. The van der Waals surface area contributed by atoms with Gasteiger partial charge in [0.2, 0.25) is 0 Å². The van der Waals surface area contributed by atoms with E-state index in [4.69, 9.17) is 9.47 Å². The third kappa shape index (κ3) is 2.65. The van der Waals surface area contributed by atoms with Crippen molar-refractivity contribution >= 4 is 0 Å². The fourth-order valence-corrected chi connectivity index (χ4v) is 1.43. The van der Waals surface area contributed by atoms with Crippen LogP contribution in [-0.4, -0.2) is 30.0 Å². The molecule has 90 valence electrons. The van der Waals surface area contributed by atoms with Crippen LogP contribution in [0.25, 0.3) is 0 Å². The van der Waals surface area contributed by atoms with Crippen molar-refractivity contribution in [1.29, 1.82) is 0 Å². The Labute approximate surface area is 95.4 Å². The van der Waals surface area contributed by atoms with Crippen LogP contribution in [0.4, 0.5) is 0 Å². The number of hydrogen-bond donors (Lipinski definition) is 2. The van der Waals surface area contributed by atoms with Crippen molar-refractivity contribution in [3.8, 4) is 11.5 Å². The molecule has 0 saturated heterocycles. The molecule has 0 radical (unpaired) electrons. The summed E-state index contributed by atoms with van der Waals surface area (Å²) in [5.41, 5.74) is -0.607. The lowest BCUT2D eigenvalue weighted by atomic mass is 9.95. The minimum Gasteiger partial charge on any atom is -0.493 e. The van der Waals surface area contributed by atoms with E-state index in [0.717, 1.165) is 0 Å². The van der Waals surface area contributed by atoms with Gasteiger partial charge in [-0.3, -0.25) is 0 Å². The van der Waals surface area contributed by atoms with E-state index in [0.29, 0.717) is 17.1 Å². The summed E-state index contributed by atoms with van der Waals surface area (Å²) in [6, 6.07) is 5.05. The molecule has 0 fully saturated rings. The number of benzene rings is 1. The van der Waals surface area contributed by atoms with Gasteiger partial charge in [-0.2, -0.15) is 0 Å². The molecule has 1 rings (SSSR count). The molecule has 0 aliphatic carbocycles. The van der Waals surface area contributed by atoms with E-state index in [1.807, 2.05) is 0 Å². The van der Waals surface area contributed by atoms with E-state index in [2.05, 4.69) is 0 Å². The van der Waals surface area contributed by atoms with E-state index < -0.39 is 11.7 Å². The Kier molecular flexibility index (Phi) is 3.78. The van der Waals surface area contributed by atoms with Gasteiger partial charge in [0.15, 0.2) is 11.5 Å². The van der Waals surface area contributed by atoms with Gasteiger partial charge in [0.25, 0.3) is 0 Å². The van der Waals surface area contributed by atoms with Crippen molar-refractivity contribution in [2.75, 3.05) is 14.2 Å². The zero-order valence-electron chi connectivity index (χ0n) is 10.0. The molecule has 0 saturated carbocycles. The van der Waals surface area contributed by atoms with Gasteiger partial charge in [-0.05, 0) is 31.5 Å². The lowest BCUT2D eigenvalue weighted by Gasteiger charge is -2.25. The van der Waals surface area contributed by atoms with Crippen LogP contribution in [0, 0.1) is 0 Å². The largest absolute Gasteiger partial charge is 0.493 e. The molecule has 0 aliphatic rings. The van der Waals surface area contributed by atoms with Crippen LogP contribution < -0.4 is 9.47 Å². The Bertz CT molecular complexity index is 355. The lowest BCUT2D eigenvalue weighted by Crippen LogP contribution is -2.28. The number of ether oxygens (including phenoxy) is 2. The molecule has 0 aromatic heterocycles. The van der Waals surface area contributed by atoms with Gasteiger partial charge >= 0.3 is 0 Å². The maximum atomic E-state index is 9.89. The second-order valence-electron chi connectivity index (χ2n) is 4.17. The average molecular weight is 226 g/mol. The molecule has 2 N–H and O–H groups in total. The summed E-state index contributed by atoms with van der Waals surface area (Å²) in [5.74, 6) is 1.12. The zero-order valence-corrected chi connectivity index (χ0v) is 10.0. The molecule has 0 aliphatic heterocycles. The van der Waals surface area contributed by atoms with Gasteiger partial charge in [-0.1, -0.05) is 6.07 Å². The smallest absolute Gasteiger partial charge is 0.161 e. The van der Waals surface area contributed by atoms with Gasteiger partial charge in [0.1, 0.15) is 6.10 Å². The molecular weight excluding hydrogens is 208 g/mol. The highest BCUT2D eigenvalue weighted by Gasteiger charge is 2.26. The van der Waals surface area contributed by atoms with Crippen LogP contribution in [0.3, 0.4) is 0 Å². The fraction of sp³-hybridized carbons (Fsp3) is 0.500. The number of aliphatic hydroxyl groups excluding tert-OH is 1. The summed E-state index contributed by atoms with van der Waals surface area (Å²) in [5, 5.41) is 19.6. The summed E-state index contributed by atoms with van der Waals surface area (Å²) in [6.07, 6.45) is -0.965. The third-order valence-corrected chi connectivity index (χ3v) is 2.39. The highest BCUT2D eigenvalue weighted by atomic mass is 16.5. The minimum absolute atomic E-state index is 0.531. The van der Waals surface area contributed by atoms with Crippen molar-refractivity contribution in [3.63, 3.8) is 0 Å². The molecule has 16 heavy (non-hydrogen) atoms. The topological polar surface area (TPSA) is 58.9 Å². The lowest BCUT2D eigenvalue weighted by molar-refractivity contribution is -0.0497. The number of methoxy groups -OCH3 is 2. The summed E-state index contributed by atoms with van der Waals surface area (Å²) < 4.78 is 10.2. The predicted molar refractivity (Wildman–Crippen MR) is 60.8 cm³/mol. The fourth-order valence-electron chi connectivity index (χ4n) is 1.43. The Hall–Kier alpha value is -1.26. The predicted octanol–water partition coefficient (Wildman–Crippen LogP) is 1.51. The molecule has 1 unspecified atom stereocenters. The molecule has 4 nitrogen and oxygen atoms in total. The van der Waals surface area contributed by atoms with Gasteiger partial charge in [-0.25, -0.2) is 0 Å². The highest BCUT2D eigenvalue weighted by molar-refractivity contribution is 5.43. The zero-order chi connectivity index (χ0) is 12.3. The summed E-state index contributed by atoms with van der Waals surface area (Å²) >= 11 is 0. The molecule has 0 spiro atoms. The van der Waals surface area contributed by atoms with Crippen LogP contribution in [0.15, 0.2) is 18.2 Å². The molecular formula is C12H18O4. The second-order valence-corrected chi connectivity index (χ2v) is 4.17. The first kappa shape index (κ1) is 12.8. The quantitative estimate of drug-likeness (QED) is 0.817. The molecule has 1 aromatic carbocycles. The molecule has 4 heteroatoms. The van der Waals surface area contributed by atoms with Crippen molar-refractivity contribution < 1.29 is 19.7 Å². The summed E-state index contributed by atoms with van der Waals surface area (Å²) in [7, 11) is 3.07. The standard InChI is InChI=1S/C12H18O4/c1-12(2,14)11(13)8-5-6-9(15-3)10(7-8)16-4/h5-7,11,13-14H,1-4H3. The monoisotopic (exact) mass is 226 g/mol. The first-order valence-electron chi connectivity index (χ1n) is 5.02. The van der Waals surface area contributed by atoms with Gasteiger partial charge in [0, 0.05) is 0 Å². The van der Waals surface area contributed by atoms with Crippen molar-refractivity contribution in [1.82, 2.24) is 0 Å². The van der Waals surface area contributed by atoms with E-state index in [9.17, 15) is 10.2 Å². The van der Waals surface area contributed by atoms with Crippen LogP contribution in [-0.2, 0) is 0 Å². The van der Waals surface area contributed by atoms with Gasteiger partial charge in [0.05, 0.1) is 19.8 Å². The van der Waals surface area contributed by atoms with Crippen LogP contribution in [0.5, 0.6) is 11.5 Å². The minimum atomic E-state index is -1.19. The van der Waals surface area contributed by atoms with E-state index >= 15 is 0 Å². The second kappa shape index (κ2) is 4.72. The molecule has 0 amide bonds. The third-order valence-electron chi connectivity index (χ3n) is 2.39. The number of rotatable bonds is 4. The van der Waals surface area contributed by atoms with Crippen LogP contribution in [0.1, 0.15) is 25.5 Å². The van der Waals surface area contributed by atoms with Crippen LogP contribution >= 0.6 is 0 Å². The molecule has 1 atom stereocenters.